The molecule has 84 valence electrons. The summed E-state index contributed by atoms with van der Waals surface area (Å²) in [5.74, 6) is 2.31. The van der Waals surface area contributed by atoms with E-state index in [1.807, 2.05) is 0 Å². The highest BCUT2D eigenvalue weighted by Gasteiger charge is 2.25. The van der Waals surface area contributed by atoms with Crippen molar-refractivity contribution < 1.29 is 0 Å². The van der Waals surface area contributed by atoms with Crippen LogP contribution in [0.4, 0.5) is 0 Å². The summed E-state index contributed by atoms with van der Waals surface area (Å²) in [7, 11) is 2.13. The van der Waals surface area contributed by atoms with E-state index >= 15 is 0 Å². The Morgan fingerprint density at radius 2 is 2.07 bits per heavy atom. The lowest BCUT2D eigenvalue weighted by atomic mass is 9.92. The lowest BCUT2D eigenvalue weighted by Gasteiger charge is -2.26. The van der Waals surface area contributed by atoms with Gasteiger partial charge in [0.05, 0.1) is 0 Å². The van der Waals surface area contributed by atoms with Gasteiger partial charge in [0.2, 0.25) is 0 Å². The average molecular weight is 215 g/mol. The summed E-state index contributed by atoms with van der Waals surface area (Å²) in [6.45, 7) is 4.64. The van der Waals surface area contributed by atoms with Crippen molar-refractivity contribution in [3.63, 3.8) is 0 Å². The monoisotopic (exact) mass is 215 g/mol. The fourth-order valence-corrected chi connectivity index (χ4v) is 3.81. The number of hydrogen-bond acceptors (Lipinski definition) is 2. The van der Waals surface area contributed by atoms with Crippen molar-refractivity contribution >= 4 is 11.8 Å². The first-order valence-electron chi connectivity index (χ1n) is 6.10. The van der Waals surface area contributed by atoms with Crippen molar-refractivity contribution in [2.45, 2.75) is 57.2 Å². The molecular formula is C12H25NS. The molecular weight excluding hydrogens is 190 g/mol. The molecule has 2 atom stereocenters. The normalized spacial score (nSPS) is 24.4. The second-order valence-electron chi connectivity index (χ2n) is 4.36. The second-order valence-corrected chi connectivity index (χ2v) is 5.71. The van der Waals surface area contributed by atoms with Gasteiger partial charge in [0, 0.05) is 11.3 Å². The summed E-state index contributed by atoms with van der Waals surface area (Å²) in [6, 6.07) is 0.757. The summed E-state index contributed by atoms with van der Waals surface area (Å²) < 4.78 is 0. The lowest BCUT2D eigenvalue weighted by molar-refractivity contribution is 0.369. The molecule has 1 aliphatic heterocycles. The quantitative estimate of drug-likeness (QED) is 0.729. The maximum Gasteiger partial charge on any atom is 0.0201 e. The highest BCUT2D eigenvalue weighted by atomic mass is 32.2. The Hall–Kier alpha value is 0.310. The van der Waals surface area contributed by atoms with E-state index in [-0.39, 0.29) is 0 Å². The van der Waals surface area contributed by atoms with Crippen LogP contribution >= 0.6 is 11.8 Å². The van der Waals surface area contributed by atoms with Crippen molar-refractivity contribution in [3.05, 3.63) is 0 Å². The third-order valence-corrected chi connectivity index (χ3v) is 5.04. The predicted octanol–water partition coefficient (Wildman–Crippen LogP) is 3.30. The summed E-state index contributed by atoms with van der Waals surface area (Å²) in [5.41, 5.74) is 0. The summed E-state index contributed by atoms with van der Waals surface area (Å²) in [4.78, 5) is 0. The van der Waals surface area contributed by atoms with Gasteiger partial charge in [-0.1, -0.05) is 26.7 Å². The molecule has 0 aliphatic carbocycles. The molecule has 0 aromatic carbocycles. The van der Waals surface area contributed by atoms with Crippen LogP contribution in [0.5, 0.6) is 0 Å². The van der Waals surface area contributed by atoms with Gasteiger partial charge < -0.3 is 5.32 Å². The van der Waals surface area contributed by atoms with Crippen LogP contribution in [0.3, 0.4) is 0 Å². The molecule has 1 aliphatic rings. The molecule has 2 heteroatoms. The minimum absolute atomic E-state index is 0.757. The van der Waals surface area contributed by atoms with Gasteiger partial charge in [-0.2, -0.15) is 11.8 Å². The smallest absolute Gasteiger partial charge is 0.0201 e. The summed E-state index contributed by atoms with van der Waals surface area (Å²) in [5, 5.41) is 4.41. The lowest BCUT2D eigenvalue weighted by Crippen LogP contribution is -2.36. The molecule has 1 fully saturated rings. The minimum atomic E-state index is 0.757. The maximum absolute atomic E-state index is 3.52. The van der Waals surface area contributed by atoms with Gasteiger partial charge in [0.15, 0.2) is 0 Å². The molecule has 0 amide bonds. The minimum Gasteiger partial charge on any atom is -0.316 e. The zero-order valence-electron chi connectivity index (χ0n) is 9.88. The van der Waals surface area contributed by atoms with Gasteiger partial charge in [-0.15, -0.1) is 0 Å². The molecule has 1 heterocycles. The van der Waals surface area contributed by atoms with Gasteiger partial charge in [0.1, 0.15) is 0 Å². The van der Waals surface area contributed by atoms with Gasteiger partial charge in [-0.25, -0.2) is 0 Å². The third kappa shape index (κ3) is 3.47. The Labute approximate surface area is 93.4 Å². The topological polar surface area (TPSA) is 12.0 Å². The highest BCUT2D eigenvalue weighted by molar-refractivity contribution is 8.00. The van der Waals surface area contributed by atoms with Crippen LogP contribution in [-0.4, -0.2) is 24.1 Å². The second kappa shape index (κ2) is 6.73. The van der Waals surface area contributed by atoms with E-state index < -0.39 is 0 Å². The standard InChI is InChI=1S/C12H25NS/c1-4-10(5-2)9-11(13-3)12-7-6-8-14-12/h10-13H,4-9H2,1-3H3. The number of rotatable bonds is 6. The van der Waals surface area contributed by atoms with Crippen molar-refractivity contribution in [3.8, 4) is 0 Å². The zero-order chi connectivity index (χ0) is 10.4. The molecule has 2 unspecified atom stereocenters. The zero-order valence-corrected chi connectivity index (χ0v) is 10.7. The van der Waals surface area contributed by atoms with Gasteiger partial charge in [-0.05, 0) is 38.0 Å². The predicted molar refractivity (Wildman–Crippen MR) is 67.0 cm³/mol. The molecule has 1 saturated heterocycles. The molecule has 0 aromatic rings. The Morgan fingerprint density at radius 1 is 1.36 bits per heavy atom. The van der Waals surface area contributed by atoms with Crippen LogP contribution in [-0.2, 0) is 0 Å². The van der Waals surface area contributed by atoms with E-state index in [1.165, 1.54) is 37.9 Å². The van der Waals surface area contributed by atoms with E-state index in [0.717, 1.165) is 17.2 Å². The summed E-state index contributed by atoms with van der Waals surface area (Å²) >= 11 is 2.18. The number of thioether (sulfide) groups is 1. The van der Waals surface area contributed by atoms with Crippen molar-refractivity contribution in [1.29, 1.82) is 0 Å². The van der Waals surface area contributed by atoms with E-state index in [0.29, 0.717) is 0 Å². The largest absolute Gasteiger partial charge is 0.316 e. The molecule has 0 spiro atoms. The first-order valence-corrected chi connectivity index (χ1v) is 7.15. The van der Waals surface area contributed by atoms with Crippen LogP contribution in [0.25, 0.3) is 0 Å². The Balaban J connectivity index is 2.36. The SMILES string of the molecule is CCC(CC)CC(NC)C1CCCS1. The van der Waals surface area contributed by atoms with Gasteiger partial charge in [-0.3, -0.25) is 0 Å². The highest BCUT2D eigenvalue weighted by Crippen LogP contribution is 2.31. The van der Waals surface area contributed by atoms with Crippen LogP contribution in [0.2, 0.25) is 0 Å². The molecule has 0 aromatic heterocycles. The molecule has 1 rings (SSSR count). The van der Waals surface area contributed by atoms with Crippen molar-refractivity contribution in [2.24, 2.45) is 5.92 Å². The van der Waals surface area contributed by atoms with Crippen LogP contribution in [0, 0.1) is 5.92 Å². The number of hydrogen-bond donors (Lipinski definition) is 1. The first-order chi connectivity index (χ1) is 6.81. The Bertz CT molecular complexity index is 139. The molecule has 0 saturated carbocycles. The molecule has 0 bridgehead atoms. The maximum atomic E-state index is 3.52. The van der Waals surface area contributed by atoms with Crippen LogP contribution in [0.1, 0.15) is 46.0 Å². The van der Waals surface area contributed by atoms with Crippen molar-refractivity contribution in [2.75, 3.05) is 12.8 Å². The Morgan fingerprint density at radius 3 is 2.50 bits per heavy atom. The fraction of sp³-hybridized carbons (Fsp3) is 1.00. The van der Waals surface area contributed by atoms with Gasteiger partial charge >= 0.3 is 0 Å². The number of nitrogens with one attached hydrogen (secondary N) is 1. The van der Waals surface area contributed by atoms with E-state index in [2.05, 4.69) is 38.0 Å². The van der Waals surface area contributed by atoms with Crippen LogP contribution in [0.15, 0.2) is 0 Å². The molecule has 0 radical (unpaired) electrons. The average Bonchev–Trinajstić information content (AvgIpc) is 2.73. The van der Waals surface area contributed by atoms with E-state index in [1.54, 1.807) is 0 Å². The third-order valence-electron chi connectivity index (χ3n) is 3.53. The molecule has 1 N–H and O–H groups in total. The molecule has 1 nitrogen and oxygen atoms in total. The van der Waals surface area contributed by atoms with Crippen LogP contribution < -0.4 is 5.32 Å². The van der Waals surface area contributed by atoms with Gasteiger partial charge in [0.25, 0.3) is 0 Å². The summed E-state index contributed by atoms with van der Waals surface area (Å²) in [6.07, 6.45) is 6.91. The van der Waals surface area contributed by atoms with Crippen molar-refractivity contribution in [1.82, 2.24) is 5.32 Å². The van der Waals surface area contributed by atoms with E-state index in [4.69, 9.17) is 0 Å². The van der Waals surface area contributed by atoms with E-state index in [9.17, 15) is 0 Å². The fourth-order valence-electron chi connectivity index (χ4n) is 2.36. The Kier molecular flexibility index (Phi) is 5.95. The first kappa shape index (κ1) is 12.4. The molecule has 14 heavy (non-hydrogen) atoms.